The van der Waals surface area contributed by atoms with Crippen LogP contribution < -0.4 is 5.32 Å². The van der Waals surface area contributed by atoms with Gasteiger partial charge >= 0.3 is 0 Å². The zero-order chi connectivity index (χ0) is 10.8. The average molecular weight is 210 g/mol. The molecule has 2 atom stereocenters. The van der Waals surface area contributed by atoms with Crippen molar-refractivity contribution in [3.8, 4) is 0 Å². The quantitative estimate of drug-likeness (QED) is 0.765. The second kappa shape index (κ2) is 4.84. The number of piperazine rings is 1. The Morgan fingerprint density at radius 2 is 2.07 bits per heavy atom. The van der Waals surface area contributed by atoms with E-state index in [1.165, 1.54) is 38.8 Å². The summed E-state index contributed by atoms with van der Waals surface area (Å²) < 4.78 is 0. The number of rotatable bonds is 4. The molecule has 2 rings (SSSR count). The van der Waals surface area contributed by atoms with E-state index in [1.807, 2.05) is 0 Å². The summed E-state index contributed by atoms with van der Waals surface area (Å²) in [7, 11) is 0. The molecule has 88 valence electrons. The van der Waals surface area contributed by atoms with Gasteiger partial charge in [-0.2, -0.15) is 0 Å². The van der Waals surface area contributed by atoms with E-state index in [4.69, 9.17) is 0 Å². The number of nitrogens with one attached hydrogen (secondary N) is 1. The van der Waals surface area contributed by atoms with Gasteiger partial charge < -0.3 is 5.32 Å². The average Bonchev–Trinajstić information content (AvgIpc) is 3.01. The largest absolute Gasteiger partial charge is 0.311 e. The van der Waals surface area contributed by atoms with E-state index >= 15 is 0 Å². The van der Waals surface area contributed by atoms with Gasteiger partial charge in [0.05, 0.1) is 0 Å². The van der Waals surface area contributed by atoms with Crippen molar-refractivity contribution in [1.82, 2.24) is 10.2 Å². The smallest absolute Gasteiger partial charge is 0.0252 e. The fraction of sp³-hybridized carbons (Fsp3) is 1.00. The molecule has 2 unspecified atom stereocenters. The molecule has 1 N–H and O–H groups in total. The maximum atomic E-state index is 3.73. The predicted octanol–water partition coefficient (Wildman–Crippen LogP) is 2.25. The molecule has 2 fully saturated rings. The molecule has 2 aliphatic rings. The molecule has 0 aromatic carbocycles. The van der Waals surface area contributed by atoms with Crippen LogP contribution in [0, 0.1) is 5.92 Å². The SMILES string of the molecule is CCCC1CN(C(C)C)C(C2CC2)CN1. The van der Waals surface area contributed by atoms with Gasteiger partial charge in [-0.25, -0.2) is 0 Å². The Balaban J connectivity index is 1.92. The molecule has 0 amide bonds. The summed E-state index contributed by atoms with van der Waals surface area (Å²) in [6.45, 7) is 9.49. The highest BCUT2D eigenvalue weighted by atomic mass is 15.3. The highest BCUT2D eigenvalue weighted by Gasteiger charge is 2.39. The maximum Gasteiger partial charge on any atom is 0.0252 e. The van der Waals surface area contributed by atoms with Gasteiger partial charge in [-0.05, 0) is 39.0 Å². The summed E-state index contributed by atoms with van der Waals surface area (Å²) in [5, 5.41) is 3.73. The van der Waals surface area contributed by atoms with Crippen molar-refractivity contribution in [3.05, 3.63) is 0 Å². The van der Waals surface area contributed by atoms with Crippen LogP contribution in [0.2, 0.25) is 0 Å². The fourth-order valence-corrected chi connectivity index (χ4v) is 2.91. The highest BCUT2D eigenvalue weighted by molar-refractivity contribution is 4.95. The van der Waals surface area contributed by atoms with Gasteiger partial charge in [-0.1, -0.05) is 13.3 Å². The molecule has 0 spiro atoms. The number of hydrogen-bond acceptors (Lipinski definition) is 2. The summed E-state index contributed by atoms with van der Waals surface area (Å²) in [5.41, 5.74) is 0. The molecule has 2 nitrogen and oxygen atoms in total. The van der Waals surface area contributed by atoms with Crippen LogP contribution >= 0.6 is 0 Å². The highest BCUT2D eigenvalue weighted by Crippen LogP contribution is 2.37. The van der Waals surface area contributed by atoms with Crippen LogP contribution in [0.5, 0.6) is 0 Å². The predicted molar refractivity (Wildman–Crippen MR) is 65.1 cm³/mol. The van der Waals surface area contributed by atoms with E-state index in [2.05, 4.69) is 31.0 Å². The molecule has 1 heterocycles. The Labute approximate surface area is 94.4 Å². The molecule has 1 saturated carbocycles. The third-order valence-electron chi connectivity index (χ3n) is 3.94. The van der Waals surface area contributed by atoms with Gasteiger partial charge in [0, 0.05) is 31.2 Å². The fourth-order valence-electron chi connectivity index (χ4n) is 2.91. The summed E-state index contributed by atoms with van der Waals surface area (Å²) in [5.74, 6) is 1.00. The molecular weight excluding hydrogens is 184 g/mol. The Hall–Kier alpha value is -0.0800. The third kappa shape index (κ3) is 2.73. The van der Waals surface area contributed by atoms with E-state index in [0.29, 0.717) is 0 Å². The van der Waals surface area contributed by atoms with Gasteiger partial charge in [0.1, 0.15) is 0 Å². The number of nitrogens with zero attached hydrogens (tertiary/aromatic N) is 1. The molecule has 0 radical (unpaired) electrons. The van der Waals surface area contributed by atoms with Gasteiger partial charge in [0.25, 0.3) is 0 Å². The lowest BCUT2D eigenvalue weighted by atomic mass is 10.0. The summed E-state index contributed by atoms with van der Waals surface area (Å²) in [4.78, 5) is 2.74. The third-order valence-corrected chi connectivity index (χ3v) is 3.94. The van der Waals surface area contributed by atoms with Gasteiger partial charge in [-0.3, -0.25) is 4.90 Å². The molecule has 1 saturated heterocycles. The first-order valence-electron chi connectivity index (χ1n) is 6.71. The van der Waals surface area contributed by atoms with Crippen molar-refractivity contribution in [2.45, 2.75) is 64.6 Å². The van der Waals surface area contributed by atoms with Crippen LogP contribution in [0.3, 0.4) is 0 Å². The minimum atomic E-state index is 0.719. The second-order valence-electron chi connectivity index (χ2n) is 5.59. The maximum absolute atomic E-state index is 3.73. The van der Waals surface area contributed by atoms with E-state index in [0.717, 1.165) is 24.0 Å². The Morgan fingerprint density at radius 3 is 2.60 bits per heavy atom. The van der Waals surface area contributed by atoms with E-state index < -0.39 is 0 Å². The lowest BCUT2D eigenvalue weighted by Crippen LogP contribution is -2.59. The molecule has 0 aromatic heterocycles. The lowest BCUT2D eigenvalue weighted by molar-refractivity contribution is 0.0809. The molecule has 0 aromatic rings. The van der Waals surface area contributed by atoms with Crippen molar-refractivity contribution < 1.29 is 0 Å². The summed E-state index contributed by atoms with van der Waals surface area (Å²) in [6.07, 6.45) is 5.57. The molecule has 0 bridgehead atoms. The van der Waals surface area contributed by atoms with Crippen molar-refractivity contribution in [3.63, 3.8) is 0 Å². The van der Waals surface area contributed by atoms with Gasteiger partial charge in [-0.15, -0.1) is 0 Å². The van der Waals surface area contributed by atoms with Crippen LogP contribution in [-0.4, -0.2) is 36.1 Å². The lowest BCUT2D eigenvalue weighted by Gasteiger charge is -2.43. The van der Waals surface area contributed by atoms with Crippen molar-refractivity contribution in [2.75, 3.05) is 13.1 Å². The van der Waals surface area contributed by atoms with Crippen molar-refractivity contribution in [2.24, 2.45) is 5.92 Å². The summed E-state index contributed by atoms with van der Waals surface area (Å²) in [6, 6.07) is 2.29. The zero-order valence-electron chi connectivity index (χ0n) is 10.5. The van der Waals surface area contributed by atoms with Crippen molar-refractivity contribution in [1.29, 1.82) is 0 Å². The Kier molecular flexibility index (Phi) is 3.68. The van der Waals surface area contributed by atoms with E-state index in [-0.39, 0.29) is 0 Å². The first kappa shape index (κ1) is 11.4. The monoisotopic (exact) mass is 210 g/mol. The topological polar surface area (TPSA) is 15.3 Å². The first-order valence-corrected chi connectivity index (χ1v) is 6.71. The van der Waals surface area contributed by atoms with E-state index in [9.17, 15) is 0 Å². The van der Waals surface area contributed by atoms with Gasteiger partial charge in [0.2, 0.25) is 0 Å². The molecule has 2 heteroatoms. The van der Waals surface area contributed by atoms with E-state index in [1.54, 1.807) is 0 Å². The molecular formula is C13H26N2. The van der Waals surface area contributed by atoms with Crippen LogP contribution in [0.15, 0.2) is 0 Å². The standard InChI is InChI=1S/C13H26N2/c1-4-5-12-9-15(10(2)3)13(8-14-12)11-6-7-11/h10-14H,4-9H2,1-3H3. The van der Waals surface area contributed by atoms with Crippen LogP contribution in [0.4, 0.5) is 0 Å². The van der Waals surface area contributed by atoms with Gasteiger partial charge in [0.15, 0.2) is 0 Å². The minimum absolute atomic E-state index is 0.719. The second-order valence-corrected chi connectivity index (χ2v) is 5.59. The summed E-state index contributed by atoms with van der Waals surface area (Å²) >= 11 is 0. The van der Waals surface area contributed by atoms with Crippen LogP contribution in [0.25, 0.3) is 0 Å². The van der Waals surface area contributed by atoms with Crippen molar-refractivity contribution >= 4 is 0 Å². The van der Waals surface area contributed by atoms with Crippen LogP contribution in [0.1, 0.15) is 46.5 Å². The molecule has 1 aliphatic heterocycles. The molecule has 15 heavy (non-hydrogen) atoms. The Morgan fingerprint density at radius 1 is 1.33 bits per heavy atom. The first-order chi connectivity index (χ1) is 7.22. The molecule has 1 aliphatic carbocycles. The number of hydrogen-bond donors (Lipinski definition) is 1. The van der Waals surface area contributed by atoms with Crippen LogP contribution in [-0.2, 0) is 0 Å². The Bertz CT molecular complexity index is 199. The normalized spacial score (nSPS) is 33.6. The zero-order valence-corrected chi connectivity index (χ0v) is 10.5. The minimum Gasteiger partial charge on any atom is -0.311 e.